The van der Waals surface area contributed by atoms with Gasteiger partial charge in [-0.25, -0.2) is 4.39 Å². The number of hydrogen-bond donors (Lipinski definition) is 0. The fourth-order valence-electron chi connectivity index (χ4n) is 1.98. The molecule has 0 aromatic heterocycles. The van der Waals surface area contributed by atoms with Gasteiger partial charge in [-0.15, -0.1) is 16.4 Å². The summed E-state index contributed by atoms with van der Waals surface area (Å²) in [5, 5.41) is 0. The Labute approximate surface area is 119 Å². The zero-order valence-electron chi connectivity index (χ0n) is 10.5. The molecule has 19 heavy (non-hydrogen) atoms. The molecule has 0 atom stereocenters. The van der Waals surface area contributed by atoms with Crippen LogP contribution in [0.15, 0.2) is 18.2 Å². The first-order valence-corrected chi connectivity index (χ1v) is 5.63. The maximum absolute atomic E-state index is 14.2. The van der Waals surface area contributed by atoms with Crippen molar-refractivity contribution in [2.45, 2.75) is 6.92 Å². The molecule has 0 saturated heterocycles. The van der Waals surface area contributed by atoms with Crippen molar-refractivity contribution in [3.8, 4) is 11.1 Å². The summed E-state index contributed by atoms with van der Waals surface area (Å²) >= 11 is 0. The highest BCUT2D eigenvalue weighted by Gasteiger charge is 2.15. The Kier molecular flexibility index (Phi) is 3.71. The Morgan fingerprint density at radius 1 is 0.789 bits per heavy atom. The predicted octanol–water partition coefficient (Wildman–Crippen LogP) is -2.23. The first-order chi connectivity index (χ1) is 8.86. The molecule has 10 radical (unpaired) electrons. The van der Waals surface area contributed by atoms with Crippen molar-refractivity contribution < 1.29 is 4.39 Å². The zero-order chi connectivity index (χ0) is 14.3. The summed E-state index contributed by atoms with van der Waals surface area (Å²) in [6.07, 6.45) is 0. The van der Waals surface area contributed by atoms with Crippen molar-refractivity contribution in [1.29, 1.82) is 0 Å². The van der Waals surface area contributed by atoms with Crippen LogP contribution in [0.5, 0.6) is 0 Å². The van der Waals surface area contributed by atoms with Crippen molar-refractivity contribution in [2.24, 2.45) is 0 Å². The maximum atomic E-state index is 14.2. The lowest BCUT2D eigenvalue weighted by Gasteiger charge is -2.21. The van der Waals surface area contributed by atoms with Gasteiger partial charge in [0.2, 0.25) is 0 Å². The molecule has 0 nitrogen and oxygen atoms in total. The minimum atomic E-state index is -0.413. The van der Waals surface area contributed by atoms with Gasteiger partial charge in [-0.1, -0.05) is 29.1 Å². The van der Waals surface area contributed by atoms with Gasteiger partial charge in [0.15, 0.2) is 0 Å². The van der Waals surface area contributed by atoms with E-state index in [2.05, 4.69) is 0 Å². The smallest absolute Gasteiger partial charge is 0.133 e. The van der Waals surface area contributed by atoms with Crippen LogP contribution in [0, 0.1) is 12.7 Å². The van der Waals surface area contributed by atoms with E-state index in [0.29, 0.717) is 5.56 Å². The van der Waals surface area contributed by atoms with Crippen LogP contribution < -0.4 is 27.3 Å². The molecule has 0 N–H and O–H groups in total. The van der Waals surface area contributed by atoms with Crippen LogP contribution in [-0.2, 0) is 0 Å². The van der Waals surface area contributed by atoms with E-state index in [0.717, 1.165) is 0 Å². The molecule has 0 heterocycles. The average molecular weight is 235 g/mol. The second-order valence-corrected chi connectivity index (χ2v) is 4.38. The summed E-state index contributed by atoms with van der Waals surface area (Å²) in [5.74, 6) is -0.413. The van der Waals surface area contributed by atoms with Gasteiger partial charge in [0.05, 0.1) is 0 Å². The fraction of sp³-hybridized carbons (Fsp3) is 0.0769. The molecule has 2 rings (SSSR count). The largest absolute Gasteiger partial charge is 0.206 e. The number of rotatable bonds is 1. The summed E-state index contributed by atoms with van der Waals surface area (Å²) in [6, 6.07) is 4.92. The van der Waals surface area contributed by atoms with Gasteiger partial charge in [-0.3, -0.25) is 0 Å². The number of halogens is 1. The van der Waals surface area contributed by atoms with Gasteiger partial charge in [-0.05, 0) is 18.1 Å². The molecule has 0 aliphatic heterocycles. The van der Waals surface area contributed by atoms with Gasteiger partial charge in [0, 0.05) is 5.56 Å². The highest BCUT2D eigenvalue weighted by molar-refractivity contribution is 6.68. The second kappa shape index (κ2) is 4.99. The summed E-state index contributed by atoms with van der Waals surface area (Å²) in [6.45, 7) is 1.65. The van der Waals surface area contributed by atoms with Crippen LogP contribution in [0.25, 0.3) is 11.1 Å². The summed E-state index contributed by atoms with van der Waals surface area (Å²) in [4.78, 5) is 0. The highest BCUT2D eigenvalue weighted by Crippen LogP contribution is 2.20. The van der Waals surface area contributed by atoms with Crippen molar-refractivity contribution in [2.75, 3.05) is 0 Å². The minimum absolute atomic E-state index is 0.114. The predicted molar refractivity (Wildman–Crippen MR) is 83.5 cm³/mol. The van der Waals surface area contributed by atoms with Crippen LogP contribution in [0.4, 0.5) is 4.39 Å². The Balaban J connectivity index is 2.87. The highest BCUT2D eigenvalue weighted by atomic mass is 19.1. The van der Waals surface area contributed by atoms with Crippen LogP contribution in [0.2, 0.25) is 0 Å². The molecule has 2 aromatic carbocycles. The monoisotopic (exact) mass is 236 g/mol. The molecule has 0 aliphatic rings. The minimum Gasteiger partial charge on any atom is -0.206 e. The third kappa shape index (κ3) is 2.18. The van der Waals surface area contributed by atoms with Crippen molar-refractivity contribution >= 4 is 66.5 Å². The Morgan fingerprint density at radius 2 is 1.26 bits per heavy atom. The molecule has 0 amide bonds. The Morgan fingerprint density at radius 3 is 1.79 bits per heavy atom. The average Bonchev–Trinajstić information content (AvgIpc) is 2.39. The molecule has 0 saturated carbocycles. The van der Waals surface area contributed by atoms with Gasteiger partial charge < -0.3 is 0 Å². The number of benzene rings is 2. The first-order valence-electron chi connectivity index (χ1n) is 5.63. The fourth-order valence-corrected chi connectivity index (χ4v) is 1.98. The topological polar surface area (TPSA) is 0 Å². The summed E-state index contributed by atoms with van der Waals surface area (Å²) in [7, 11) is 29.0. The Hall–Kier alpha value is -1.31. The molecule has 0 aliphatic carbocycles. The van der Waals surface area contributed by atoms with Crippen LogP contribution in [0.1, 0.15) is 5.56 Å². The lowest BCUT2D eigenvalue weighted by Crippen LogP contribution is -2.55. The van der Waals surface area contributed by atoms with E-state index >= 15 is 0 Å². The molecule has 80 valence electrons. The summed E-state index contributed by atoms with van der Waals surface area (Å²) < 4.78 is 14.2. The van der Waals surface area contributed by atoms with Crippen molar-refractivity contribution in [3.05, 3.63) is 29.6 Å². The van der Waals surface area contributed by atoms with E-state index in [9.17, 15) is 4.39 Å². The third-order valence-corrected chi connectivity index (χ3v) is 3.16. The van der Waals surface area contributed by atoms with Crippen LogP contribution >= 0.6 is 0 Å². The van der Waals surface area contributed by atoms with Gasteiger partial charge in [0.25, 0.3) is 0 Å². The first kappa shape index (κ1) is 14.1. The number of aryl methyl sites for hydroxylation is 1. The molecular weight excluding hydrogens is 229 g/mol. The van der Waals surface area contributed by atoms with E-state index in [1.54, 1.807) is 25.1 Å². The van der Waals surface area contributed by atoms with E-state index in [4.69, 9.17) is 39.2 Å². The molecule has 6 heteroatoms. The second-order valence-electron chi connectivity index (χ2n) is 4.38. The van der Waals surface area contributed by atoms with E-state index < -0.39 is 5.82 Å². The molecule has 2 aromatic rings. The lowest BCUT2D eigenvalue weighted by atomic mass is 9.59. The number of hydrogen-bond acceptors (Lipinski definition) is 0. The molecule has 0 fully saturated rings. The third-order valence-electron chi connectivity index (χ3n) is 3.16. The standard InChI is InChI=1S/C13H6B5F/c1-5-3-2-4-6(13(5)19)7-8(14)10(16)12(18)11(17)9(7)15/h2-4H,1H3. The van der Waals surface area contributed by atoms with E-state index in [1.807, 2.05) is 0 Å². The molecule has 0 spiro atoms. The SMILES string of the molecule is [B]c1c([B])c([B])c(-c2cccc(C)c2F)c([B])c1[B]. The van der Waals surface area contributed by atoms with Crippen molar-refractivity contribution in [1.82, 2.24) is 0 Å². The zero-order valence-corrected chi connectivity index (χ0v) is 10.5. The maximum Gasteiger partial charge on any atom is 0.133 e. The van der Waals surface area contributed by atoms with E-state index in [-0.39, 0.29) is 38.4 Å². The quantitative estimate of drug-likeness (QED) is 0.491. The molecule has 0 bridgehead atoms. The van der Waals surface area contributed by atoms with Crippen LogP contribution in [0.3, 0.4) is 0 Å². The molecular formula is C13H6B5F. The van der Waals surface area contributed by atoms with Gasteiger partial charge >= 0.3 is 0 Å². The molecule has 0 unspecified atom stereocenters. The van der Waals surface area contributed by atoms with Gasteiger partial charge in [-0.2, -0.15) is 0 Å². The van der Waals surface area contributed by atoms with Gasteiger partial charge in [0.1, 0.15) is 45.0 Å². The normalized spacial score (nSPS) is 10.6. The summed E-state index contributed by atoms with van der Waals surface area (Å²) in [5.41, 5.74) is 1.63. The Bertz CT molecular complexity index is 638. The van der Waals surface area contributed by atoms with E-state index in [1.165, 1.54) is 0 Å². The van der Waals surface area contributed by atoms with Crippen LogP contribution in [-0.4, -0.2) is 39.2 Å². The van der Waals surface area contributed by atoms with Crippen molar-refractivity contribution in [3.63, 3.8) is 0 Å². The lowest BCUT2D eigenvalue weighted by molar-refractivity contribution is 0.622.